The fourth-order valence-corrected chi connectivity index (χ4v) is 4.56. The first-order valence-electron chi connectivity index (χ1n) is 8.52. The van der Waals surface area contributed by atoms with Crippen LogP contribution in [-0.4, -0.2) is 29.8 Å². The Morgan fingerprint density at radius 2 is 1.57 bits per heavy atom. The molecular formula is C20H20N4O2S2. The predicted octanol–water partition coefficient (Wildman–Crippen LogP) is 4.28. The molecule has 144 valence electrons. The Kier molecular flexibility index (Phi) is 6.11. The van der Waals surface area contributed by atoms with Crippen LogP contribution in [0.3, 0.4) is 0 Å². The number of sulfonamides is 1. The number of aryl methyl sites for hydroxylation is 2. The minimum Gasteiger partial charge on any atom is -0.303 e. The van der Waals surface area contributed by atoms with Gasteiger partial charge in [0.15, 0.2) is 5.17 Å². The summed E-state index contributed by atoms with van der Waals surface area (Å²) >= 11 is 1.18. The lowest BCUT2D eigenvalue weighted by Gasteiger charge is -2.10. The quantitative estimate of drug-likeness (QED) is 0.509. The highest BCUT2D eigenvalue weighted by Gasteiger charge is 2.20. The smallest absolute Gasteiger partial charge is 0.285 e. The fraction of sp³-hybridized carbons (Fsp3) is 0.150. The van der Waals surface area contributed by atoms with Gasteiger partial charge in [0.1, 0.15) is 0 Å². The van der Waals surface area contributed by atoms with Crippen molar-refractivity contribution in [3.63, 3.8) is 0 Å². The van der Waals surface area contributed by atoms with Crippen molar-refractivity contribution in [3.05, 3.63) is 72.1 Å². The Morgan fingerprint density at radius 1 is 0.964 bits per heavy atom. The van der Waals surface area contributed by atoms with E-state index in [2.05, 4.69) is 19.7 Å². The van der Waals surface area contributed by atoms with Gasteiger partial charge in [-0.3, -0.25) is 0 Å². The highest BCUT2D eigenvalue weighted by Crippen LogP contribution is 2.28. The number of amidine groups is 1. The molecule has 8 heteroatoms. The lowest BCUT2D eigenvalue weighted by molar-refractivity contribution is 0.598. The van der Waals surface area contributed by atoms with Crippen molar-refractivity contribution in [3.8, 4) is 11.1 Å². The molecule has 2 aromatic carbocycles. The number of aromatic nitrogens is 2. The number of hydrogen-bond acceptors (Lipinski definition) is 5. The molecular weight excluding hydrogens is 392 g/mol. The third-order valence-corrected chi connectivity index (χ3v) is 5.88. The van der Waals surface area contributed by atoms with E-state index in [1.165, 1.54) is 11.8 Å². The monoisotopic (exact) mass is 412 g/mol. The zero-order chi connectivity index (χ0) is 20.1. The van der Waals surface area contributed by atoms with E-state index in [0.717, 1.165) is 17.0 Å². The molecule has 6 nitrogen and oxygen atoms in total. The molecule has 1 N–H and O–H groups in total. The normalized spacial score (nSPS) is 12.0. The predicted molar refractivity (Wildman–Crippen MR) is 115 cm³/mol. The molecule has 0 fully saturated rings. The van der Waals surface area contributed by atoms with Gasteiger partial charge in [-0.1, -0.05) is 60.3 Å². The molecule has 3 aromatic rings. The van der Waals surface area contributed by atoms with Crippen LogP contribution in [0, 0.1) is 13.8 Å². The lowest BCUT2D eigenvalue weighted by atomic mass is 10.1. The maximum atomic E-state index is 13.0. The maximum absolute atomic E-state index is 13.0. The van der Waals surface area contributed by atoms with Gasteiger partial charge < -0.3 is 5.32 Å². The molecule has 3 rings (SSSR count). The van der Waals surface area contributed by atoms with Gasteiger partial charge in [0.05, 0.1) is 4.90 Å². The molecule has 0 unspecified atom stereocenters. The van der Waals surface area contributed by atoms with Gasteiger partial charge >= 0.3 is 0 Å². The van der Waals surface area contributed by atoms with Crippen LogP contribution in [0.25, 0.3) is 11.1 Å². The summed E-state index contributed by atoms with van der Waals surface area (Å²) in [6.07, 6.45) is 1.74. The first kappa shape index (κ1) is 20.0. The summed E-state index contributed by atoms with van der Waals surface area (Å²) in [7, 11) is -3.94. The van der Waals surface area contributed by atoms with Crippen LogP contribution in [-0.2, 0) is 10.0 Å². The number of nitrogens with one attached hydrogen (secondary N) is 1. The minimum atomic E-state index is -3.94. The Morgan fingerprint density at radius 3 is 2.21 bits per heavy atom. The first-order chi connectivity index (χ1) is 13.4. The number of hydrogen-bond donors (Lipinski definition) is 1. The topological polar surface area (TPSA) is 84.3 Å². The highest BCUT2D eigenvalue weighted by molar-refractivity contribution is 8.14. The molecule has 0 saturated heterocycles. The molecule has 0 aliphatic heterocycles. The van der Waals surface area contributed by atoms with Crippen LogP contribution >= 0.6 is 11.8 Å². The van der Waals surface area contributed by atoms with Crippen LogP contribution in [0.5, 0.6) is 0 Å². The van der Waals surface area contributed by atoms with Crippen LogP contribution < -0.4 is 5.32 Å². The number of anilines is 1. The molecule has 0 radical (unpaired) electrons. The van der Waals surface area contributed by atoms with E-state index in [-0.39, 0.29) is 10.1 Å². The summed E-state index contributed by atoms with van der Waals surface area (Å²) in [5.74, 6) is 0.317. The van der Waals surface area contributed by atoms with Gasteiger partial charge in [-0.2, -0.15) is 8.42 Å². The van der Waals surface area contributed by atoms with Gasteiger partial charge in [0.2, 0.25) is 5.95 Å². The summed E-state index contributed by atoms with van der Waals surface area (Å²) < 4.78 is 30.1. The van der Waals surface area contributed by atoms with Gasteiger partial charge in [-0.25, -0.2) is 9.97 Å². The van der Waals surface area contributed by atoms with Crippen molar-refractivity contribution < 1.29 is 8.42 Å². The second-order valence-corrected chi connectivity index (χ2v) is 8.40. The summed E-state index contributed by atoms with van der Waals surface area (Å²) in [5.41, 5.74) is 2.99. The van der Waals surface area contributed by atoms with Crippen molar-refractivity contribution >= 4 is 32.9 Å². The molecule has 0 atom stereocenters. The second-order valence-electron chi connectivity index (χ2n) is 6.04. The van der Waals surface area contributed by atoms with Crippen LogP contribution in [0.15, 0.2) is 70.0 Å². The van der Waals surface area contributed by atoms with E-state index < -0.39 is 10.0 Å². The summed E-state index contributed by atoms with van der Waals surface area (Å²) in [5, 5.41) is 3.11. The van der Waals surface area contributed by atoms with E-state index in [1.807, 2.05) is 56.3 Å². The lowest BCUT2D eigenvalue weighted by Crippen LogP contribution is -2.14. The summed E-state index contributed by atoms with van der Waals surface area (Å²) in [6.45, 7) is 3.70. The van der Waals surface area contributed by atoms with Crippen molar-refractivity contribution in [1.29, 1.82) is 0 Å². The van der Waals surface area contributed by atoms with Gasteiger partial charge in [-0.05, 0) is 37.8 Å². The molecule has 0 spiro atoms. The number of benzene rings is 2. The molecule has 28 heavy (non-hydrogen) atoms. The van der Waals surface area contributed by atoms with Gasteiger partial charge in [0.25, 0.3) is 10.0 Å². The van der Waals surface area contributed by atoms with Crippen molar-refractivity contribution in [1.82, 2.24) is 9.97 Å². The van der Waals surface area contributed by atoms with Crippen LogP contribution in [0.2, 0.25) is 0 Å². The number of nitrogens with zero attached hydrogens (tertiary/aromatic N) is 3. The van der Waals surface area contributed by atoms with Gasteiger partial charge in [-0.15, -0.1) is 4.40 Å². The van der Waals surface area contributed by atoms with E-state index in [4.69, 9.17) is 0 Å². The largest absolute Gasteiger partial charge is 0.303 e. The molecule has 0 aliphatic carbocycles. The number of thioether (sulfide) groups is 1. The molecule has 1 heterocycles. The third kappa shape index (κ3) is 4.76. The van der Waals surface area contributed by atoms with E-state index >= 15 is 0 Å². The second kappa shape index (κ2) is 8.53. The average molecular weight is 413 g/mol. The highest BCUT2D eigenvalue weighted by atomic mass is 32.2. The Hall–Kier alpha value is -2.71. The standard InChI is InChI=1S/C20H20N4O2S2/c1-14-13-15(2)22-19(21-14)23-20(27-3)24-28(25,26)18-12-8-7-11-17(18)16-9-5-4-6-10-16/h4-13H,1-3H3,(H,21,22,23,24). The first-order valence-corrected chi connectivity index (χ1v) is 11.2. The molecule has 0 amide bonds. The van der Waals surface area contributed by atoms with E-state index in [0.29, 0.717) is 11.5 Å². The van der Waals surface area contributed by atoms with Crippen LogP contribution in [0.4, 0.5) is 5.95 Å². The molecule has 0 bridgehead atoms. The Labute approximate surface area is 169 Å². The summed E-state index contributed by atoms with van der Waals surface area (Å²) in [4.78, 5) is 8.71. The molecule has 0 aliphatic rings. The molecule has 0 saturated carbocycles. The minimum absolute atomic E-state index is 0.149. The molecule has 1 aromatic heterocycles. The number of rotatable bonds is 4. The fourth-order valence-electron chi connectivity index (χ4n) is 2.69. The third-order valence-electron chi connectivity index (χ3n) is 3.85. The SMILES string of the molecule is CS/C(=N\S(=O)(=O)c1ccccc1-c1ccccc1)Nc1nc(C)cc(C)n1. The van der Waals surface area contributed by atoms with Gasteiger partial charge in [0, 0.05) is 17.0 Å². The van der Waals surface area contributed by atoms with E-state index in [9.17, 15) is 8.42 Å². The summed E-state index contributed by atoms with van der Waals surface area (Å²) in [6, 6.07) is 18.0. The zero-order valence-electron chi connectivity index (χ0n) is 15.7. The Balaban J connectivity index is 2.00. The van der Waals surface area contributed by atoms with Crippen molar-refractivity contribution in [2.24, 2.45) is 4.40 Å². The Bertz CT molecular complexity index is 1090. The average Bonchev–Trinajstić information content (AvgIpc) is 2.67. The van der Waals surface area contributed by atoms with Crippen molar-refractivity contribution in [2.75, 3.05) is 11.6 Å². The van der Waals surface area contributed by atoms with Crippen molar-refractivity contribution in [2.45, 2.75) is 18.7 Å². The maximum Gasteiger partial charge on any atom is 0.285 e. The van der Waals surface area contributed by atoms with E-state index in [1.54, 1.807) is 24.5 Å². The van der Waals surface area contributed by atoms with Crippen LogP contribution in [0.1, 0.15) is 11.4 Å². The zero-order valence-corrected chi connectivity index (χ0v) is 17.4.